The lowest BCUT2D eigenvalue weighted by Crippen LogP contribution is -2.00. The molecule has 26 heavy (non-hydrogen) atoms. The second-order valence-corrected chi connectivity index (χ2v) is 7.88. The van der Waals surface area contributed by atoms with Crippen molar-refractivity contribution in [1.29, 1.82) is 0 Å². The SMILES string of the molecule is O=[N+]([O-])c1c(Sc2ncc(-c3ccccc3)n2C2CC2)nc2sccn12. The lowest BCUT2D eigenvalue weighted by Gasteiger charge is -2.10. The Morgan fingerprint density at radius 1 is 1.27 bits per heavy atom. The van der Waals surface area contributed by atoms with Gasteiger partial charge in [-0.15, -0.1) is 0 Å². The molecule has 0 spiro atoms. The maximum atomic E-state index is 11.6. The highest BCUT2D eigenvalue weighted by Crippen LogP contribution is 2.44. The number of aromatic nitrogens is 4. The highest BCUT2D eigenvalue weighted by atomic mass is 32.2. The summed E-state index contributed by atoms with van der Waals surface area (Å²) in [5, 5.41) is 14.5. The number of nitro groups is 1. The predicted molar refractivity (Wildman–Crippen MR) is 99.8 cm³/mol. The Hall–Kier alpha value is -2.65. The molecule has 7 nitrogen and oxygen atoms in total. The third-order valence-electron chi connectivity index (χ3n) is 4.31. The Kier molecular flexibility index (Phi) is 3.57. The number of hydrogen-bond donors (Lipinski definition) is 0. The number of thiazole rings is 1. The molecule has 1 aliphatic rings. The Morgan fingerprint density at radius 3 is 2.81 bits per heavy atom. The number of hydrogen-bond acceptors (Lipinski definition) is 6. The number of imidazole rings is 2. The molecule has 0 unspecified atom stereocenters. The van der Waals surface area contributed by atoms with E-state index in [0.717, 1.165) is 29.3 Å². The monoisotopic (exact) mass is 383 g/mol. The molecule has 5 rings (SSSR count). The minimum Gasteiger partial charge on any atom is -0.358 e. The smallest absolute Gasteiger partial charge is 0.358 e. The Balaban J connectivity index is 1.60. The Labute approximate surface area is 156 Å². The molecule has 3 heterocycles. The first-order chi connectivity index (χ1) is 12.7. The van der Waals surface area contributed by atoms with Gasteiger partial charge in [-0.1, -0.05) is 41.7 Å². The van der Waals surface area contributed by atoms with E-state index in [1.54, 1.807) is 11.6 Å². The Morgan fingerprint density at radius 2 is 2.08 bits per heavy atom. The van der Waals surface area contributed by atoms with Crippen LogP contribution in [0.2, 0.25) is 0 Å². The molecule has 0 bridgehead atoms. The second-order valence-electron chi connectivity index (χ2n) is 6.05. The van der Waals surface area contributed by atoms with Crippen molar-refractivity contribution in [2.24, 2.45) is 0 Å². The van der Waals surface area contributed by atoms with Crippen molar-refractivity contribution in [2.45, 2.75) is 29.1 Å². The first-order valence-corrected chi connectivity index (χ1v) is 9.82. The van der Waals surface area contributed by atoms with Gasteiger partial charge in [-0.3, -0.25) is 0 Å². The largest absolute Gasteiger partial charge is 0.363 e. The van der Waals surface area contributed by atoms with Gasteiger partial charge in [0.15, 0.2) is 5.16 Å². The fraction of sp³-hybridized carbons (Fsp3) is 0.176. The molecular formula is C17H13N5O2S2. The lowest BCUT2D eigenvalue weighted by atomic mass is 10.2. The molecule has 1 aliphatic carbocycles. The maximum absolute atomic E-state index is 11.6. The lowest BCUT2D eigenvalue weighted by molar-refractivity contribution is -0.393. The maximum Gasteiger partial charge on any atom is 0.363 e. The summed E-state index contributed by atoms with van der Waals surface area (Å²) in [6.45, 7) is 0. The molecular weight excluding hydrogens is 370 g/mol. The summed E-state index contributed by atoms with van der Waals surface area (Å²) in [5.74, 6) is -0.00198. The molecule has 0 atom stereocenters. The van der Waals surface area contributed by atoms with Crippen molar-refractivity contribution >= 4 is 33.9 Å². The fourth-order valence-electron chi connectivity index (χ4n) is 3.00. The number of fused-ring (bicyclic) bond motifs is 1. The van der Waals surface area contributed by atoms with Gasteiger partial charge < -0.3 is 14.7 Å². The number of rotatable bonds is 5. The van der Waals surface area contributed by atoms with Gasteiger partial charge in [0.25, 0.3) is 4.96 Å². The third kappa shape index (κ3) is 2.51. The zero-order valence-corrected chi connectivity index (χ0v) is 15.1. The molecule has 0 radical (unpaired) electrons. The van der Waals surface area contributed by atoms with E-state index in [4.69, 9.17) is 0 Å². The van der Waals surface area contributed by atoms with E-state index < -0.39 is 0 Å². The van der Waals surface area contributed by atoms with E-state index in [0.29, 0.717) is 16.0 Å². The highest BCUT2D eigenvalue weighted by molar-refractivity contribution is 7.99. The van der Waals surface area contributed by atoms with Crippen molar-refractivity contribution in [3.8, 4) is 11.3 Å². The zero-order valence-electron chi connectivity index (χ0n) is 13.5. The second kappa shape index (κ2) is 5.96. The fourth-order valence-corrected chi connectivity index (χ4v) is 4.79. The summed E-state index contributed by atoms with van der Waals surface area (Å²) >= 11 is 2.65. The third-order valence-corrected chi connectivity index (χ3v) is 6.02. The summed E-state index contributed by atoms with van der Waals surface area (Å²) in [5.41, 5.74) is 2.14. The molecule has 1 aromatic carbocycles. The molecule has 1 saturated carbocycles. The summed E-state index contributed by atoms with van der Waals surface area (Å²) in [6, 6.07) is 10.5. The van der Waals surface area contributed by atoms with Gasteiger partial charge in [-0.05, 0) is 35.1 Å². The van der Waals surface area contributed by atoms with Crippen molar-refractivity contribution in [1.82, 2.24) is 18.9 Å². The molecule has 1 fully saturated rings. The van der Waals surface area contributed by atoms with Crippen LogP contribution in [-0.2, 0) is 0 Å². The normalized spacial score (nSPS) is 14.2. The van der Waals surface area contributed by atoms with Gasteiger partial charge in [0, 0.05) is 11.4 Å². The standard InChI is InChI=1S/C17H13N5O2S2/c23-22(24)15-14(19-17-20(15)8-9-25-17)26-16-18-10-13(21(16)12-6-7-12)11-4-2-1-3-5-11/h1-5,8-10,12H,6-7H2. The summed E-state index contributed by atoms with van der Waals surface area (Å²) in [7, 11) is 0. The van der Waals surface area contributed by atoms with Crippen molar-refractivity contribution in [3.63, 3.8) is 0 Å². The van der Waals surface area contributed by atoms with Crippen LogP contribution in [0.15, 0.2) is 58.3 Å². The molecule has 3 aromatic heterocycles. The molecule has 4 aromatic rings. The molecule has 0 aliphatic heterocycles. The minimum absolute atomic E-state index is 0.00198. The van der Waals surface area contributed by atoms with Gasteiger partial charge in [0.1, 0.15) is 6.20 Å². The molecule has 9 heteroatoms. The van der Waals surface area contributed by atoms with Gasteiger partial charge in [-0.25, -0.2) is 4.98 Å². The summed E-state index contributed by atoms with van der Waals surface area (Å²) in [4.78, 5) is 20.8. The van der Waals surface area contributed by atoms with E-state index in [1.165, 1.54) is 27.5 Å². The first kappa shape index (κ1) is 15.6. The van der Waals surface area contributed by atoms with E-state index in [9.17, 15) is 10.1 Å². The average molecular weight is 383 g/mol. The van der Waals surface area contributed by atoms with Crippen LogP contribution in [0.4, 0.5) is 5.82 Å². The van der Waals surface area contributed by atoms with Gasteiger partial charge in [0.2, 0.25) is 5.03 Å². The highest BCUT2D eigenvalue weighted by Gasteiger charge is 2.32. The van der Waals surface area contributed by atoms with Gasteiger partial charge in [0.05, 0.1) is 11.9 Å². The first-order valence-electron chi connectivity index (χ1n) is 8.13. The van der Waals surface area contributed by atoms with Crippen LogP contribution in [-0.4, -0.2) is 23.9 Å². The van der Waals surface area contributed by atoms with E-state index in [1.807, 2.05) is 24.4 Å². The Bertz CT molecular complexity index is 1110. The van der Waals surface area contributed by atoms with Crippen LogP contribution in [0.25, 0.3) is 16.2 Å². The van der Waals surface area contributed by atoms with E-state index >= 15 is 0 Å². The predicted octanol–water partition coefficient (Wildman–Crippen LogP) is 4.65. The zero-order chi connectivity index (χ0) is 17.7. The average Bonchev–Trinajstić information content (AvgIpc) is 3.08. The van der Waals surface area contributed by atoms with Crippen molar-refractivity contribution in [3.05, 3.63) is 58.2 Å². The summed E-state index contributed by atoms with van der Waals surface area (Å²) in [6.07, 6.45) is 5.73. The van der Waals surface area contributed by atoms with Crippen molar-refractivity contribution in [2.75, 3.05) is 0 Å². The number of nitrogens with zero attached hydrogens (tertiary/aromatic N) is 5. The topological polar surface area (TPSA) is 78.3 Å². The molecule has 0 saturated heterocycles. The quantitative estimate of drug-likeness (QED) is 0.370. The summed E-state index contributed by atoms with van der Waals surface area (Å²) < 4.78 is 3.71. The van der Waals surface area contributed by atoms with Crippen molar-refractivity contribution < 1.29 is 4.92 Å². The van der Waals surface area contributed by atoms with Gasteiger partial charge in [-0.2, -0.15) is 9.38 Å². The van der Waals surface area contributed by atoms with E-state index in [-0.39, 0.29) is 10.7 Å². The van der Waals surface area contributed by atoms with Crippen LogP contribution in [0, 0.1) is 10.1 Å². The van der Waals surface area contributed by atoms with E-state index in [2.05, 4.69) is 26.7 Å². The van der Waals surface area contributed by atoms with Crippen LogP contribution in [0.1, 0.15) is 18.9 Å². The molecule has 0 amide bonds. The minimum atomic E-state index is -0.377. The van der Waals surface area contributed by atoms with Crippen LogP contribution >= 0.6 is 23.1 Å². The van der Waals surface area contributed by atoms with Crippen LogP contribution < -0.4 is 0 Å². The van der Waals surface area contributed by atoms with Crippen LogP contribution in [0.5, 0.6) is 0 Å². The van der Waals surface area contributed by atoms with Crippen LogP contribution in [0.3, 0.4) is 0 Å². The molecule has 130 valence electrons. The van der Waals surface area contributed by atoms with Gasteiger partial charge >= 0.3 is 5.82 Å². The number of benzene rings is 1. The molecule has 0 N–H and O–H groups in total.